The summed E-state index contributed by atoms with van der Waals surface area (Å²) in [6, 6.07) is 5.13. The van der Waals surface area contributed by atoms with E-state index in [0.29, 0.717) is 6.29 Å². The summed E-state index contributed by atoms with van der Waals surface area (Å²) in [5, 5.41) is 10.7. The van der Waals surface area contributed by atoms with Gasteiger partial charge < -0.3 is 4.79 Å². The third kappa shape index (κ3) is 2.18. The normalized spacial score (nSPS) is 16.8. The Hall–Kier alpha value is -2.57. The van der Waals surface area contributed by atoms with Gasteiger partial charge in [-0.05, 0) is 12.1 Å². The fourth-order valence-corrected chi connectivity index (χ4v) is 2.24. The van der Waals surface area contributed by atoms with Gasteiger partial charge in [0.1, 0.15) is 12.3 Å². The van der Waals surface area contributed by atoms with Crippen LogP contribution >= 0.6 is 0 Å². The Labute approximate surface area is 114 Å². The van der Waals surface area contributed by atoms with Gasteiger partial charge in [-0.15, -0.1) is 0 Å². The summed E-state index contributed by atoms with van der Waals surface area (Å²) in [5.74, 6) is -1.99. The van der Waals surface area contributed by atoms with Gasteiger partial charge in [-0.1, -0.05) is 19.1 Å². The highest BCUT2D eigenvalue weighted by atomic mass is 16.6. The fraction of sp³-hybridized carbons (Fsp3) is 0.308. The van der Waals surface area contributed by atoms with E-state index in [1.807, 2.05) is 0 Å². The number of carbonyl (C=O) groups excluding carboxylic acids is 3. The summed E-state index contributed by atoms with van der Waals surface area (Å²) >= 11 is 0. The lowest BCUT2D eigenvalue weighted by Crippen LogP contribution is -2.48. The lowest BCUT2D eigenvalue weighted by Gasteiger charge is -2.25. The van der Waals surface area contributed by atoms with Crippen LogP contribution in [0.25, 0.3) is 0 Å². The first-order valence-corrected chi connectivity index (χ1v) is 6.01. The van der Waals surface area contributed by atoms with E-state index in [0.717, 1.165) is 4.90 Å². The third-order valence-corrected chi connectivity index (χ3v) is 3.31. The van der Waals surface area contributed by atoms with Crippen LogP contribution in [0.2, 0.25) is 0 Å². The molecule has 0 saturated carbocycles. The second kappa shape index (κ2) is 5.20. The maximum atomic E-state index is 12.2. The SMILES string of the molecule is C[C@H](C=O)[C@@H](C[N+](=O)[O-])N1C(=O)c2ccccc2C1=O. The molecule has 2 atom stereocenters. The average molecular weight is 276 g/mol. The molecule has 2 amide bonds. The average Bonchev–Trinajstić information content (AvgIpc) is 2.68. The van der Waals surface area contributed by atoms with Gasteiger partial charge in [0.05, 0.1) is 11.1 Å². The van der Waals surface area contributed by atoms with E-state index >= 15 is 0 Å². The summed E-state index contributed by atoms with van der Waals surface area (Å²) < 4.78 is 0. The van der Waals surface area contributed by atoms with Crippen molar-refractivity contribution in [3.63, 3.8) is 0 Å². The Morgan fingerprint density at radius 3 is 2.15 bits per heavy atom. The van der Waals surface area contributed by atoms with E-state index in [2.05, 4.69) is 0 Å². The van der Waals surface area contributed by atoms with Gasteiger partial charge in [-0.2, -0.15) is 0 Å². The van der Waals surface area contributed by atoms with E-state index in [-0.39, 0.29) is 11.1 Å². The second-order valence-electron chi connectivity index (χ2n) is 4.60. The number of hydrogen-bond acceptors (Lipinski definition) is 5. The van der Waals surface area contributed by atoms with Crippen molar-refractivity contribution >= 4 is 18.1 Å². The molecule has 0 bridgehead atoms. The van der Waals surface area contributed by atoms with Crippen LogP contribution in [0.1, 0.15) is 27.6 Å². The molecular formula is C13H12N2O5. The van der Waals surface area contributed by atoms with Crippen molar-refractivity contribution in [2.24, 2.45) is 5.92 Å². The number of carbonyl (C=O) groups is 3. The number of hydrogen-bond donors (Lipinski definition) is 0. The van der Waals surface area contributed by atoms with Crippen molar-refractivity contribution in [2.75, 3.05) is 6.54 Å². The van der Waals surface area contributed by atoms with Gasteiger partial charge in [0.25, 0.3) is 11.8 Å². The van der Waals surface area contributed by atoms with Crippen LogP contribution in [-0.4, -0.2) is 40.5 Å². The molecule has 1 aliphatic heterocycles. The molecule has 1 aromatic rings. The maximum Gasteiger partial charge on any atom is 0.262 e. The lowest BCUT2D eigenvalue weighted by atomic mass is 10.0. The minimum absolute atomic E-state index is 0.212. The predicted molar refractivity (Wildman–Crippen MR) is 67.8 cm³/mol. The van der Waals surface area contributed by atoms with Crippen molar-refractivity contribution in [1.82, 2.24) is 4.90 Å². The van der Waals surface area contributed by atoms with E-state index in [9.17, 15) is 24.5 Å². The van der Waals surface area contributed by atoms with Gasteiger partial charge in [-0.25, -0.2) is 0 Å². The minimum Gasteiger partial charge on any atom is -0.303 e. The van der Waals surface area contributed by atoms with Crippen molar-refractivity contribution in [3.05, 3.63) is 45.5 Å². The molecule has 1 aliphatic rings. The molecule has 1 heterocycles. The summed E-state index contributed by atoms with van der Waals surface area (Å²) in [4.78, 5) is 46.2. The smallest absolute Gasteiger partial charge is 0.262 e. The third-order valence-electron chi connectivity index (χ3n) is 3.31. The lowest BCUT2D eigenvalue weighted by molar-refractivity contribution is -0.486. The molecule has 104 valence electrons. The molecule has 0 spiro atoms. The number of nitrogens with zero attached hydrogens (tertiary/aromatic N) is 2. The molecule has 1 aromatic carbocycles. The number of aldehydes is 1. The van der Waals surface area contributed by atoms with Crippen LogP contribution in [-0.2, 0) is 4.79 Å². The van der Waals surface area contributed by atoms with Crippen LogP contribution in [0.4, 0.5) is 0 Å². The second-order valence-corrected chi connectivity index (χ2v) is 4.60. The summed E-state index contributed by atoms with van der Waals surface area (Å²) in [6.07, 6.45) is 0.512. The highest BCUT2D eigenvalue weighted by Gasteiger charge is 2.43. The van der Waals surface area contributed by atoms with Crippen LogP contribution in [0.15, 0.2) is 24.3 Å². The molecule has 0 aliphatic carbocycles. The Bertz CT molecular complexity index is 563. The molecule has 0 radical (unpaired) electrons. The first kappa shape index (κ1) is 13.9. The van der Waals surface area contributed by atoms with Gasteiger partial charge in [0, 0.05) is 10.8 Å². The molecule has 0 N–H and O–H groups in total. The van der Waals surface area contributed by atoms with Gasteiger partial charge in [0.15, 0.2) is 0 Å². The monoisotopic (exact) mass is 276 g/mol. The Kier molecular flexibility index (Phi) is 3.60. The predicted octanol–water partition coefficient (Wildman–Crippen LogP) is 0.763. The molecule has 7 nitrogen and oxygen atoms in total. The summed E-state index contributed by atoms with van der Waals surface area (Å²) in [6.45, 7) is 0.802. The van der Waals surface area contributed by atoms with E-state index in [1.54, 1.807) is 12.1 Å². The van der Waals surface area contributed by atoms with Crippen molar-refractivity contribution < 1.29 is 19.3 Å². The zero-order valence-corrected chi connectivity index (χ0v) is 10.7. The summed E-state index contributed by atoms with van der Waals surface area (Å²) in [7, 11) is 0. The van der Waals surface area contributed by atoms with Gasteiger partial charge in [0.2, 0.25) is 6.54 Å². The minimum atomic E-state index is -1.07. The number of nitro groups is 1. The van der Waals surface area contributed by atoms with Crippen LogP contribution in [0.5, 0.6) is 0 Å². The number of benzene rings is 1. The van der Waals surface area contributed by atoms with Crippen LogP contribution in [0.3, 0.4) is 0 Å². The number of fused-ring (bicyclic) bond motifs is 1. The summed E-state index contributed by atoms with van der Waals surface area (Å²) in [5.41, 5.74) is 0.424. The van der Waals surface area contributed by atoms with Crippen LogP contribution in [0, 0.1) is 16.0 Å². The first-order chi connectivity index (χ1) is 9.47. The maximum absolute atomic E-state index is 12.2. The quantitative estimate of drug-likeness (QED) is 0.342. The topological polar surface area (TPSA) is 97.6 Å². The molecule has 0 unspecified atom stereocenters. The van der Waals surface area contributed by atoms with Crippen molar-refractivity contribution in [1.29, 1.82) is 0 Å². The molecule has 0 aromatic heterocycles. The fourth-order valence-electron chi connectivity index (χ4n) is 2.24. The number of rotatable bonds is 5. The Balaban J connectivity index is 2.41. The van der Waals surface area contributed by atoms with E-state index < -0.39 is 35.2 Å². The molecule has 7 heteroatoms. The molecule has 20 heavy (non-hydrogen) atoms. The Morgan fingerprint density at radius 2 is 1.75 bits per heavy atom. The molecular weight excluding hydrogens is 264 g/mol. The largest absolute Gasteiger partial charge is 0.303 e. The van der Waals surface area contributed by atoms with E-state index in [4.69, 9.17) is 0 Å². The van der Waals surface area contributed by atoms with E-state index in [1.165, 1.54) is 19.1 Å². The molecule has 2 rings (SSSR count). The highest BCUT2D eigenvalue weighted by Crippen LogP contribution is 2.26. The molecule has 0 saturated heterocycles. The van der Waals surface area contributed by atoms with Crippen molar-refractivity contribution in [3.8, 4) is 0 Å². The first-order valence-electron chi connectivity index (χ1n) is 6.01. The highest BCUT2D eigenvalue weighted by molar-refractivity contribution is 6.21. The Morgan fingerprint density at radius 1 is 1.25 bits per heavy atom. The zero-order valence-electron chi connectivity index (χ0n) is 10.7. The number of amides is 2. The van der Waals surface area contributed by atoms with Crippen molar-refractivity contribution in [2.45, 2.75) is 13.0 Å². The van der Waals surface area contributed by atoms with Gasteiger partial charge in [-0.3, -0.25) is 24.6 Å². The standard InChI is InChI=1S/C13H12N2O5/c1-8(7-16)11(6-14(19)20)15-12(17)9-4-2-3-5-10(9)13(15)18/h2-5,7-8,11H,6H2,1H3/t8-,11-/m1/s1. The number of imide groups is 1. The van der Waals surface area contributed by atoms with Gasteiger partial charge >= 0.3 is 0 Å². The molecule has 0 fully saturated rings. The zero-order chi connectivity index (χ0) is 14.9. The van der Waals surface area contributed by atoms with Crippen LogP contribution < -0.4 is 0 Å².